The van der Waals surface area contributed by atoms with E-state index in [-0.39, 0.29) is 35.0 Å². The molecule has 40 heavy (non-hydrogen) atoms. The Morgan fingerprint density at radius 1 is 1.10 bits per heavy atom. The Morgan fingerprint density at radius 2 is 1.90 bits per heavy atom. The SMILES string of the molecule is CC(C)(C)OC(=O)N1CCC(n2cc(-c3ccc4ncc(Cc5c(F)cc6ncccc6c5F)n4n3)cn2)CC1. The van der Waals surface area contributed by atoms with Gasteiger partial charge in [-0.3, -0.25) is 9.67 Å². The molecule has 6 rings (SSSR count). The molecule has 1 aliphatic rings. The second-order valence-corrected chi connectivity index (χ2v) is 11.0. The Morgan fingerprint density at radius 3 is 2.67 bits per heavy atom. The van der Waals surface area contributed by atoms with Gasteiger partial charge in [0.2, 0.25) is 0 Å². The van der Waals surface area contributed by atoms with Crippen LogP contribution in [0.4, 0.5) is 13.6 Å². The fourth-order valence-electron chi connectivity index (χ4n) is 5.04. The van der Waals surface area contributed by atoms with Gasteiger partial charge < -0.3 is 9.64 Å². The lowest BCUT2D eigenvalue weighted by Gasteiger charge is -2.33. The highest BCUT2D eigenvalue weighted by molar-refractivity contribution is 5.80. The third-order valence-electron chi connectivity index (χ3n) is 7.07. The first-order chi connectivity index (χ1) is 19.2. The molecule has 1 saturated heterocycles. The van der Waals surface area contributed by atoms with E-state index in [1.807, 2.05) is 43.8 Å². The first-order valence-corrected chi connectivity index (χ1v) is 13.2. The number of likely N-dealkylation sites (tertiary alicyclic amines) is 1. The van der Waals surface area contributed by atoms with Gasteiger partial charge >= 0.3 is 6.09 Å². The van der Waals surface area contributed by atoms with E-state index in [1.54, 1.807) is 33.9 Å². The normalized spacial score (nSPS) is 14.8. The molecule has 206 valence electrons. The molecule has 0 aliphatic carbocycles. The van der Waals surface area contributed by atoms with E-state index in [1.165, 1.54) is 12.3 Å². The van der Waals surface area contributed by atoms with Crippen molar-refractivity contribution in [2.75, 3.05) is 13.1 Å². The first kappa shape index (κ1) is 25.8. The number of halogens is 2. The number of benzene rings is 1. The summed E-state index contributed by atoms with van der Waals surface area (Å²) in [5.41, 5.74) is 2.29. The summed E-state index contributed by atoms with van der Waals surface area (Å²) in [6.07, 6.45) is 7.99. The fourth-order valence-corrected chi connectivity index (χ4v) is 5.04. The zero-order valence-electron chi connectivity index (χ0n) is 22.5. The minimum absolute atomic E-state index is 0.0182. The molecule has 0 radical (unpaired) electrons. The third-order valence-corrected chi connectivity index (χ3v) is 7.07. The molecular formula is C29H29F2N7O2. The minimum Gasteiger partial charge on any atom is -0.444 e. The lowest BCUT2D eigenvalue weighted by Crippen LogP contribution is -2.42. The Balaban J connectivity index is 1.21. The maximum Gasteiger partial charge on any atom is 0.410 e. The quantitative estimate of drug-likeness (QED) is 0.293. The van der Waals surface area contributed by atoms with Crippen LogP contribution in [0.5, 0.6) is 0 Å². The zero-order chi connectivity index (χ0) is 28.0. The molecule has 0 atom stereocenters. The van der Waals surface area contributed by atoms with Crippen LogP contribution in [0.2, 0.25) is 0 Å². The molecule has 0 saturated carbocycles. The maximum atomic E-state index is 15.2. The molecule has 9 nitrogen and oxygen atoms in total. The molecule has 0 N–H and O–H groups in total. The summed E-state index contributed by atoms with van der Waals surface area (Å²) >= 11 is 0. The van der Waals surface area contributed by atoms with Crippen LogP contribution in [0.1, 0.15) is 50.9 Å². The summed E-state index contributed by atoms with van der Waals surface area (Å²) in [6, 6.07) is 8.28. The van der Waals surface area contributed by atoms with Crippen LogP contribution in [0.3, 0.4) is 0 Å². The van der Waals surface area contributed by atoms with Crippen molar-refractivity contribution in [1.29, 1.82) is 0 Å². The molecule has 0 spiro atoms. The first-order valence-electron chi connectivity index (χ1n) is 13.2. The Kier molecular flexibility index (Phi) is 6.44. The van der Waals surface area contributed by atoms with Crippen molar-refractivity contribution >= 4 is 22.6 Å². The van der Waals surface area contributed by atoms with E-state index in [0.717, 1.165) is 18.4 Å². The van der Waals surface area contributed by atoms with Gasteiger partial charge in [-0.15, -0.1) is 0 Å². The van der Waals surface area contributed by atoms with Gasteiger partial charge in [-0.05, 0) is 57.9 Å². The lowest BCUT2D eigenvalue weighted by molar-refractivity contribution is 0.0185. The number of aromatic nitrogens is 6. The van der Waals surface area contributed by atoms with E-state index in [0.29, 0.717) is 30.1 Å². The highest BCUT2D eigenvalue weighted by Gasteiger charge is 2.28. The van der Waals surface area contributed by atoms with E-state index in [2.05, 4.69) is 15.1 Å². The van der Waals surface area contributed by atoms with Gasteiger partial charge in [-0.25, -0.2) is 23.1 Å². The van der Waals surface area contributed by atoms with Crippen LogP contribution in [0, 0.1) is 11.6 Å². The lowest BCUT2D eigenvalue weighted by atomic mass is 10.0. The van der Waals surface area contributed by atoms with Crippen LogP contribution in [0.25, 0.3) is 27.8 Å². The summed E-state index contributed by atoms with van der Waals surface area (Å²) in [6.45, 7) is 6.76. The number of hydrogen-bond donors (Lipinski definition) is 0. The molecule has 5 aromatic rings. The van der Waals surface area contributed by atoms with Crippen LogP contribution in [-0.2, 0) is 11.2 Å². The molecule has 5 heterocycles. The highest BCUT2D eigenvalue weighted by atomic mass is 19.1. The van der Waals surface area contributed by atoms with Crippen LogP contribution >= 0.6 is 0 Å². The second-order valence-electron chi connectivity index (χ2n) is 11.0. The smallest absolute Gasteiger partial charge is 0.410 e. The molecule has 1 aromatic carbocycles. The number of nitrogens with zero attached hydrogens (tertiary/aromatic N) is 7. The molecule has 0 bridgehead atoms. The number of amides is 1. The number of hydrogen-bond acceptors (Lipinski definition) is 6. The number of carbonyl (C=O) groups excluding carboxylic acids is 1. The van der Waals surface area contributed by atoms with Crippen LogP contribution in [0.15, 0.2) is 55.1 Å². The molecule has 1 aliphatic heterocycles. The summed E-state index contributed by atoms with van der Waals surface area (Å²) in [4.78, 5) is 22.6. The molecular weight excluding hydrogens is 516 g/mol. The van der Waals surface area contributed by atoms with Gasteiger partial charge in [0.15, 0.2) is 5.65 Å². The number of pyridine rings is 1. The van der Waals surface area contributed by atoms with Crippen molar-refractivity contribution in [2.45, 2.75) is 51.7 Å². The summed E-state index contributed by atoms with van der Waals surface area (Å²) in [5.74, 6) is -1.29. The Bertz CT molecular complexity index is 1720. The van der Waals surface area contributed by atoms with E-state index in [4.69, 9.17) is 9.84 Å². The largest absolute Gasteiger partial charge is 0.444 e. The summed E-state index contributed by atoms with van der Waals surface area (Å²) < 4.78 is 39.1. The number of carbonyl (C=O) groups is 1. The standard InChI is InChI=1S/C29H29F2N7O2/c1-29(2,3)40-28(39)36-11-8-19(9-12-36)37-17-18(15-34-37)24-6-7-26-33-16-20(38(26)35-24)13-22-23(30)14-25-21(27(22)31)5-4-10-32-25/h4-7,10,14-17,19H,8-9,11-13H2,1-3H3. The van der Waals surface area contributed by atoms with Crippen molar-refractivity contribution in [3.63, 3.8) is 0 Å². The van der Waals surface area contributed by atoms with E-state index < -0.39 is 17.2 Å². The van der Waals surface area contributed by atoms with E-state index in [9.17, 15) is 9.18 Å². The Labute approximate surface area is 229 Å². The van der Waals surface area contributed by atoms with Crippen LogP contribution in [-0.4, -0.2) is 59.0 Å². The molecule has 11 heteroatoms. The van der Waals surface area contributed by atoms with Crippen molar-refractivity contribution in [1.82, 2.24) is 34.3 Å². The van der Waals surface area contributed by atoms with E-state index >= 15 is 4.39 Å². The number of imidazole rings is 1. The van der Waals surface area contributed by atoms with Crippen molar-refractivity contribution in [2.24, 2.45) is 0 Å². The van der Waals surface area contributed by atoms with Gasteiger partial charge in [0.05, 0.1) is 35.3 Å². The zero-order valence-corrected chi connectivity index (χ0v) is 22.5. The number of ether oxygens (including phenoxy) is 1. The topological polar surface area (TPSA) is 90.4 Å². The van der Waals surface area contributed by atoms with Gasteiger partial charge in [0, 0.05) is 54.5 Å². The van der Waals surface area contributed by atoms with Crippen LogP contribution < -0.4 is 0 Å². The minimum atomic E-state index is -0.659. The van der Waals surface area contributed by atoms with Gasteiger partial charge in [-0.1, -0.05) is 0 Å². The molecule has 4 aromatic heterocycles. The average Bonchev–Trinajstić information content (AvgIpc) is 3.58. The molecule has 1 amide bonds. The van der Waals surface area contributed by atoms with Gasteiger partial charge in [-0.2, -0.15) is 10.2 Å². The van der Waals surface area contributed by atoms with Gasteiger partial charge in [0.25, 0.3) is 0 Å². The average molecular weight is 546 g/mol. The number of fused-ring (bicyclic) bond motifs is 2. The predicted molar refractivity (Wildman–Crippen MR) is 145 cm³/mol. The summed E-state index contributed by atoms with van der Waals surface area (Å²) in [5, 5.41) is 9.56. The molecule has 1 fully saturated rings. The van der Waals surface area contributed by atoms with Crippen molar-refractivity contribution in [3.8, 4) is 11.3 Å². The van der Waals surface area contributed by atoms with Crippen molar-refractivity contribution in [3.05, 3.63) is 78.0 Å². The highest BCUT2D eigenvalue weighted by Crippen LogP contribution is 2.28. The Hall–Kier alpha value is -4.41. The fraction of sp³-hybridized carbons (Fsp3) is 0.345. The van der Waals surface area contributed by atoms with Gasteiger partial charge in [0.1, 0.15) is 17.2 Å². The second kappa shape index (κ2) is 9.96. The number of piperidine rings is 1. The molecule has 0 unspecified atom stereocenters. The number of rotatable bonds is 4. The maximum absolute atomic E-state index is 15.2. The summed E-state index contributed by atoms with van der Waals surface area (Å²) in [7, 11) is 0. The monoisotopic (exact) mass is 545 g/mol. The third kappa shape index (κ3) is 4.99. The predicted octanol–water partition coefficient (Wildman–Crippen LogP) is 5.58. The van der Waals surface area contributed by atoms with Crippen molar-refractivity contribution < 1.29 is 18.3 Å².